The Morgan fingerprint density at radius 3 is 2.59 bits per heavy atom. The van der Waals surface area contributed by atoms with Gasteiger partial charge in [0.1, 0.15) is 5.75 Å². The summed E-state index contributed by atoms with van der Waals surface area (Å²) in [7, 11) is 0. The number of nitrogens with zero attached hydrogens (tertiary/aromatic N) is 1. The van der Waals surface area contributed by atoms with Crippen molar-refractivity contribution in [3.63, 3.8) is 0 Å². The van der Waals surface area contributed by atoms with Gasteiger partial charge in [0.15, 0.2) is 11.5 Å². The van der Waals surface area contributed by atoms with Crippen LogP contribution >= 0.6 is 11.6 Å². The van der Waals surface area contributed by atoms with Crippen LogP contribution in [0.3, 0.4) is 0 Å². The molecule has 0 unspecified atom stereocenters. The molecule has 0 atom stereocenters. The second-order valence-corrected chi connectivity index (χ2v) is 6.88. The van der Waals surface area contributed by atoms with Crippen molar-refractivity contribution in [3.05, 3.63) is 52.5 Å². The highest BCUT2D eigenvalue weighted by molar-refractivity contribution is 6.33. The highest BCUT2D eigenvalue weighted by atomic mass is 35.5. The van der Waals surface area contributed by atoms with Crippen molar-refractivity contribution in [1.82, 2.24) is 5.43 Å². The van der Waals surface area contributed by atoms with Gasteiger partial charge in [-0.05, 0) is 56.0 Å². The van der Waals surface area contributed by atoms with Crippen LogP contribution in [0.1, 0.15) is 41.6 Å². The molecule has 1 saturated carbocycles. The van der Waals surface area contributed by atoms with E-state index in [1.807, 2.05) is 12.1 Å². The zero-order valence-corrected chi connectivity index (χ0v) is 15.4. The molecule has 1 N–H and O–H groups in total. The van der Waals surface area contributed by atoms with Gasteiger partial charge in [-0.2, -0.15) is 5.10 Å². The minimum Gasteiger partial charge on any atom is -0.490 e. The molecule has 4 rings (SSSR count). The van der Waals surface area contributed by atoms with E-state index in [4.69, 9.17) is 25.8 Å². The molecule has 2 aromatic carbocycles. The molecule has 140 valence electrons. The predicted octanol–water partition coefficient (Wildman–Crippen LogP) is 4.15. The van der Waals surface area contributed by atoms with Crippen LogP contribution in [0.25, 0.3) is 0 Å². The van der Waals surface area contributed by atoms with Crippen molar-refractivity contribution in [2.45, 2.75) is 31.8 Å². The molecule has 1 heterocycles. The van der Waals surface area contributed by atoms with Gasteiger partial charge >= 0.3 is 0 Å². The molecule has 1 amide bonds. The Kier molecular flexibility index (Phi) is 5.16. The van der Waals surface area contributed by atoms with E-state index in [0.717, 1.165) is 18.6 Å². The summed E-state index contributed by atoms with van der Waals surface area (Å²) < 4.78 is 16.5. The molecule has 0 aromatic heterocycles. The average Bonchev–Trinajstić information content (AvgIpc) is 3.34. The highest BCUT2D eigenvalue weighted by Crippen LogP contribution is 2.36. The van der Waals surface area contributed by atoms with Gasteiger partial charge in [0.05, 0.1) is 17.3 Å². The Balaban J connectivity index is 1.35. The summed E-state index contributed by atoms with van der Waals surface area (Å²) in [5.74, 6) is 1.68. The van der Waals surface area contributed by atoms with Gasteiger partial charge in [-0.15, -0.1) is 0 Å². The van der Waals surface area contributed by atoms with E-state index >= 15 is 0 Å². The maximum Gasteiger partial charge on any atom is 0.271 e. The molecule has 2 aliphatic rings. The van der Waals surface area contributed by atoms with Gasteiger partial charge in [0, 0.05) is 17.2 Å². The third kappa shape index (κ3) is 4.17. The summed E-state index contributed by atoms with van der Waals surface area (Å²) in [5, 5.41) is 4.44. The topological polar surface area (TPSA) is 69.2 Å². The number of hydrazone groups is 1. The zero-order chi connectivity index (χ0) is 18.6. The number of rotatable bonds is 5. The molecular weight excluding hydrogens is 368 g/mol. The molecule has 0 spiro atoms. The number of carbonyl (C=O) groups excluding carboxylic acids is 1. The van der Waals surface area contributed by atoms with Gasteiger partial charge in [0.2, 0.25) is 6.79 Å². The van der Waals surface area contributed by atoms with Gasteiger partial charge in [-0.3, -0.25) is 4.79 Å². The molecule has 1 aliphatic carbocycles. The van der Waals surface area contributed by atoms with Crippen molar-refractivity contribution in [3.8, 4) is 17.2 Å². The van der Waals surface area contributed by atoms with Crippen LogP contribution in [-0.2, 0) is 0 Å². The number of fused-ring (bicyclic) bond motifs is 1. The summed E-state index contributed by atoms with van der Waals surface area (Å²) >= 11 is 6.17. The van der Waals surface area contributed by atoms with E-state index in [1.54, 1.807) is 24.3 Å². The van der Waals surface area contributed by atoms with E-state index < -0.39 is 0 Å². The summed E-state index contributed by atoms with van der Waals surface area (Å²) in [4.78, 5) is 12.2. The zero-order valence-electron chi connectivity index (χ0n) is 14.6. The minimum absolute atomic E-state index is 0.170. The first-order chi connectivity index (χ1) is 13.2. The van der Waals surface area contributed by atoms with Crippen LogP contribution in [0, 0.1) is 0 Å². The lowest BCUT2D eigenvalue weighted by molar-refractivity contribution is 0.0955. The SMILES string of the molecule is O=C(N/N=C\c1cc2c(cc1Cl)OCO2)c1ccc(OC2CCCC2)cc1. The van der Waals surface area contributed by atoms with E-state index in [9.17, 15) is 4.79 Å². The van der Waals surface area contributed by atoms with Crippen LogP contribution in [0.2, 0.25) is 5.02 Å². The molecule has 1 fully saturated rings. The van der Waals surface area contributed by atoms with Gasteiger partial charge in [-0.1, -0.05) is 11.6 Å². The molecule has 2 aromatic rings. The number of nitrogens with one attached hydrogen (secondary N) is 1. The van der Waals surface area contributed by atoms with Crippen LogP contribution < -0.4 is 19.6 Å². The number of hydrogen-bond acceptors (Lipinski definition) is 5. The maximum atomic E-state index is 12.2. The Morgan fingerprint density at radius 1 is 1.15 bits per heavy atom. The van der Waals surface area contributed by atoms with Crippen molar-refractivity contribution < 1.29 is 19.0 Å². The van der Waals surface area contributed by atoms with Crippen molar-refractivity contribution in [1.29, 1.82) is 0 Å². The lowest BCUT2D eigenvalue weighted by Gasteiger charge is -2.13. The third-order valence-electron chi connectivity index (χ3n) is 4.58. The van der Waals surface area contributed by atoms with Crippen molar-refractivity contribution in [2.75, 3.05) is 6.79 Å². The van der Waals surface area contributed by atoms with Crippen LogP contribution in [-0.4, -0.2) is 25.0 Å². The normalized spacial score (nSPS) is 16.0. The lowest BCUT2D eigenvalue weighted by Crippen LogP contribution is -2.17. The van der Waals surface area contributed by atoms with E-state index in [0.29, 0.717) is 33.8 Å². The molecule has 0 radical (unpaired) electrons. The maximum absolute atomic E-state index is 12.2. The molecule has 0 saturated heterocycles. The Labute approximate surface area is 162 Å². The monoisotopic (exact) mass is 386 g/mol. The second-order valence-electron chi connectivity index (χ2n) is 6.47. The quantitative estimate of drug-likeness (QED) is 0.619. The molecule has 6 nitrogen and oxygen atoms in total. The first-order valence-electron chi connectivity index (χ1n) is 8.88. The standard InChI is InChI=1S/C20H19ClN2O4/c21-17-10-19-18(25-12-26-19)9-14(17)11-22-23-20(24)13-5-7-16(8-6-13)27-15-3-1-2-4-15/h5-11,15H,1-4,12H2,(H,23,24)/b22-11-. The Morgan fingerprint density at radius 2 is 1.85 bits per heavy atom. The number of ether oxygens (including phenoxy) is 3. The number of carbonyl (C=O) groups is 1. The Bertz CT molecular complexity index is 861. The summed E-state index contributed by atoms with van der Waals surface area (Å²) in [6.45, 7) is 0.170. The minimum atomic E-state index is -0.310. The van der Waals surface area contributed by atoms with Crippen LogP contribution in [0.4, 0.5) is 0 Å². The van der Waals surface area contributed by atoms with Gasteiger partial charge in [0.25, 0.3) is 5.91 Å². The van der Waals surface area contributed by atoms with Crippen LogP contribution in [0.15, 0.2) is 41.5 Å². The number of hydrogen-bond donors (Lipinski definition) is 1. The fourth-order valence-corrected chi connectivity index (χ4v) is 3.34. The first kappa shape index (κ1) is 17.7. The lowest BCUT2D eigenvalue weighted by atomic mass is 10.2. The van der Waals surface area contributed by atoms with E-state index in [2.05, 4.69) is 10.5 Å². The van der Waals surface area contributed by atoms with Gasteiger partial charge in [-0.25, -0.2) is 5.43 Å². The highest BCUT2D eigenvalue weighted by Gasteiger charge is 2.17. The van der Waals surface area contributed by atoms with Crippen molar-refractivity contribution in [2.24, 2.45) is 5.10 Å². The first-order valence-corrected chi connectivity index (χ1v) is 9.26. The van der Waals surface area contributed by atoms with E-state index in [1.165, 1.54) is 19.1 Å². The van der Waals surface area contributed by atoms with Crippen molar-refractivity contribution >= 4 is 23.7 Å². The van der Waals surface area contributed by atoms with Crippen LogP contribution in [0.5, 0.6) is 17.2 Å². The number of halogens is 1. The number of benzene rings is 2. The third-order valence-corrected chi connectivity index (χ3v) is 4.91. The fraction of sp³-hybridized carbons (Fsp3) is 0.300. The predicted molar refractivity (Wildman–Crippen MR) is 102 cm³/mol. The summed E-state index contributed by atoms with van der Waals surface area (Å²) in [6, 6.07) is 10.5. The summed E-state index contributed by atoms with van der Waals surface area (Å²) in [5.41, 5.74) is 3.62. The average molecular weight is 387 g/mol. The molecule has 0 bridgehead atoms. The largest absolute Gasteiger partial charge is 0.490 e. The molecule has 27 heavy (non-hydrogen) atoms. The second kappa shape index (κ2) is 7.88. The molecule has 7 heteroatoms. The molecular formula is C20H19ClN2O4. The summed E-state index contributed by atoms with van der Waals surface area (Å²) in [6.07, 6.45) is 6.40. The smallest absolute Gasteiger partial charge is 0.271 e. The Hall–Kier alpha value is -2.73. The number of amides is 1. The molecule has 1 aliphatic heterocycles. The fourth-order valence-electron chi connectivity index (χ4n) is 3.14. The van der Waals surface area contributed by atoms with E-state index in [-0.39, 0.29) is 12.7 Å². The van der Waals surface area contributed by atoms with Gasteiger partial charge < -0.3 is 14.2 Å².